The van der Waals surface area contributed by atoms with E-state index in [9.17, 15) is 22.7 Å². The van der Waals surface area contributed by atoms with Gasteiger partial charge in [-0.05, 0) is 61.2 Å². The molecule has 0 bridgehead atoms. The summed E-state index contributed by atoms with van der Waals surface area (Å²) in [6, 6.07) is 8.12. The highest BCUT2D eigenvalue weighted by molar-refractivity contribution is 7.90. The zero-order valence-corrected chi connectivity index (χ0v) is 16.7. The lowest BCUT2D eigenvalue weighted by Gasteiger charge is -2.26. The first-order chi connectivity index (χ1) is 13.0. The first-order valence-electron chi connectivity index (χ1n) is 8.86. The van der Waals surface area contributed by atoms with Crippen molar-refractivity contribution in [3.63, 3.8) is 0 Å². The summed E-state index contributed by atoms with van der Waals surface area (Å²) in [4.78, 5) is 12.9. The number of benzene rings is 2. The van der Waals surface area contributed by atoms with E-state index in [4.69, 9.17) is 0 Å². The molecule has 2 aromatic carbocycles. The molecule has 3 N–H and O–H groups in total. The third-order valence-electron chi connectivity index (χ3n) is 4.79. The lowest BCUT2D eigenvalue weighted by atomic mass is 9.93. The molecule has 1 aliphatic heterocycles. The number of fused-ring (bicyclic) bond motifs is 1. The molecule has 150 valence electrons. The minimum Gasteiger partial charge on any atom is -0.386 e. The van der Waals surface area contributed by atoms with E-state index in [0.717, 1.165) is 11.8 Å². The Bertz CT molecular complexity index is 1030. The van der Waals surface area contributed by atoms with Crippen LogP contribution in [0.25, 0.3) is 0 Å². The number of carbonyl (C=O) groups is 1. The highest BCUT2D eigenvalue weighted by Crippen LogP contribution is 2.28. The Hall–Kier alpha value is -2.29. The lowest BCUT2D eigenvalue weighted by Crippen LogP contribution is -2.38. The van der Waals surface area contributed by atoms with E-state index >= 15 is 0 Å². The Morgan fingerprint density at radius 3 is 2.57 bits per heavy atom. The van der Waals surface area contributed by atoms with Gasteiger partial charge in [0.2, 0.25) is 5.91 Å². The van der Waals surface area contributed by atoms with Gasteiger partial charge in [-0.15, -0.1) is 0 Å². The number of aliphatic hydroxyl groups is 1. The Kier molecular flexibility index (Phi) is 5.31. The number of rotatable bonds is 4. The summed E-state index contributed by atoms with van der Waals surface area (Å²) in [5, 5.41) is 15.6. The van der Waals surface area contributed by atoms with E-state index < -0.39 is 33.2 Å². The van der Waals surface area contributed by atoms with Crippen molar-refractivity contribution in [1.29, 1.82) is 0 Å². The quantitative estimate of drug-likeness (QED) is 0.724. The molecule has 1 unspecified atom stereocenters. The van der Waals surface area contributed by atoms with Gasteiger partial charge in [0.1, 0.15) is 11.9 Å². The molecule has 0 saturated carbocycles. The fourth-order valence-corrected chi connectivity index (χ4v) is 3.88. The first kappa shape index (κ1) is 20.4. The summed E-state index contributed by atoms with van der Waals surface area (Å²) in [5.41, 5.74) is 0.673. The zero-order chi connectivity index (χ0) is 20.7. The number of amides is 1. The number of sulfone groups is 1. The number of anilines is 1. The van der Waals surface area contributed by atoms with Gasteiger partial charge in [-0.1, -0.05) is 12.1 Å². The van der Waals surface area contributed by atoms with E-state index in [2.05, 4.69) is 10.6 Å². The molecule has 0 radical (unpaired) electrons. The second kappa shape index (κ2) is 7.27. The van der Waals surface area contributed by atoms with Gasteiger partial charge in [-0.2, -0.15) is 0 Å². The van der Waals surface area contributed by atoms with Gasteiger partial charge in [-0.3, -0.25) is 4.79 Å². The van der Waals surface area contributed by atoms with Crippen molar-refractivity contribution in [1.82, 2.24) is 5.32 Å². The Morgan fingerprint density at radius 1 is 1.25 bits per heavy atom. The van der Waals surface area contributed by atoms with Crippen LogP contribution < -0.4 is 10.6 Å². The SMILES string of the molecule is CC(C)(O)c1ccc(NC(=O)C2NCCc3cc(S(C)(=O)=O)ccc32)c(F)c1. The number of nitrogens with one attached hydrogen (secondary N) is 2. The van der Waals surface area contributed by atoms with Crippen LogP contribution in [-0.4, -0.2) is 32.2 Å². The molecule has 6 nitrogen and oxygen atoms in total. The van der Waals surface area contributed by atoms with Gasteiger partial charge < -0.3 is 15.7 Å². The maximum Gasteiger partial charge on any atom is 0.246 e. The molecule has 0 spiro atoms. The molecule has 0 aromatic heterocycles. The summed E-state index contributed by atoms with van der Waals surface area (Å²) < 4.78 is 37.9. The predicted molar refractivity (Wildman–Crippen MR) is 104 cm³/mol. The third-order valence-corrected chi connectivity index (χ3v) is 5.90. The predicted octanol–water partition coefficient (Wildman–Crippen LogP) is 2.28. The maximum atomic E-state index is 14.4. The van der Waals surface area contributed by atoms with Crippen LogP contribution in [0.4, 0.5) is 10.1 Å². The Balaban J connectivity index is 1.85. The van der Waals surface area contributed by atoms with E-state index in [1.54, 1.807) is 32.0 Å². The molecule has 1 atom stereocenters. The van der Waals surface area contributed by atoms with Crippen molar-refractivity contribution in [2.45, 2.75) is 36.8 Å². The molecule has 0 aliphatic carbocycles. The van der Waals surface area contributed by atoms with Crippen LogP contribution in [0.2, 0.25) is 0 Å². The van der Waals surface area contributed by atoms with Crippen molar-refractivity contribution < 1.29 is 22.7 Å². The molecule has 1 heterocycles. The molecule has 0 fully saturated rings. The minimum atomic E-state index is -3.34. The second-order valence-corrected chi connectivity index (χ2v) is 9.53. The Morgan fingerprint density at radius 2 is 1.96 bits per heavy atom. The van der Waals surface area contributed by atoms with Crippen LogP contribution in [0.5, 0.6) is 0 Å². The summed E-state index contributed by atoms with van der Waals surface area (Å²) >= 11 is 0. The molecule has 2 aromatic rings. The maximum absolute atomic E-state index is 14.4. The van der Waals surface area contributed by atoms with E-state index in [0.29, 0.717) is 24.1 Å². The van der Waals surface area contributed by atoms with Gasteiger partial charge in [0.05, 0.1) is 16.2 Å². The summed E-state index contributed by atoms with van der Waals surface area (Å²) in [5.74, 6) is -1.08. The summed E-state index contributed by atoms with van der Waals surface area (Å²) in [6.07, 6.45) is 1.73. The lowest BCUT2D eigenvalue weighted by molar-refractivity contribution is -0.118. The van der Waals surface area contributed by atoms with Crippen molar-refractivity contribution in [3.8, 4) is 0 Å². The van der Waals surface area contributed by atoms with Crippen LogP contribution in [0.3, 0.4) is 0 Å². The van der Waals surface area contributed by atoms with Crippen molar-refractivity contribution in [2.75, 3.05) is 18.1 Å². The number of hydrogen-bond donors (Lipinski definition) is 3. The van der Waals surface area contributed by atoms with Gasteiger partial charge in [0.25, 0.3) is 0 Å². The average molecular weight is 406 g/mol. The topological polar surface area (TPSA) is 95.5 Å². The number of hydrogen-bond acceptors (Lipinski definition) is 5. The van der Waals surface area contributed by atoms with Crippen LogP contribution >= 0.6 is 0 Å². The number of carbonyl (C=O) groups excluding carboxylic acids is 1. The van der Waals surface area contributed by atoms with Gasteiger partial charge >= 0.3 is 0 Å². The van der Waals surface area contributed by atoms with Crippen molar-refractivity contribution >= 4 is 21.4 Å². The molecular formula is C20H23FN2O4S. The van der Waals surface area contributed by atoms with Crippen molar-refractivity contribution in [2.24, 2.45) is 0 Å². The largest absolute Gasteiger partial charge is 0.386 e. The van der Waals surface area contributed by atoms with E-state index in [-0.39, 0.29) is 10.6 Å². The normalized spacial score (nSPS) is 17.1. The third kappa shape index (κ3) is 4.24. The average Bonchev–Trinajstić information content (AvgIpc) is 2.60. The second-order valence-electron chi connectivity index (χ2n) is 7.51. The van der Waals surface area contributed by atoms with Gasteiger partial charge in [0, 0.05) is 12.8 Å². The molecule has 8 heteroatoms. The molecule has 1 aliphatic rings. The molecule has 0 saturated heterocycles. The summed E-state index contributed by atoms with van der Waals surface area (Å²) in [6.45, 7) is 3.60. The van der Waals surface area contributed by atoms with E-state index in [1.165, 1.54) is 18.2 Å². The van der Waals surface area contributed by atoms with Crippen LogP contribution in [0, 0.1) is 5.82 Å². The Labute approximate surface area is 163 Å². The smallest absolute Gasteiger partial charge is 0.246 e. The first-order valence-corrected chi connectivity index (χ1v) is 10.8. The van der Waals surface area contributed by atoms with Crippen LogP contribution in [-0.2, 0) is 26.7 Å². The van der Waals surface area contributed by atoms with E-state index in [1.807, 2.05) is 0 Å². The molecule has 1 amide bonds. The van der Waals surface area contributed by atoms with Gasteiger partial charge in [0.15, 0.2) is 9.84 Å². The monoisotopic (exact) mass is 406 g/mol. The molecule has 3 rings (SSSR count). The van der Waals surface area contributed by atoms with Crippen LogP contribution in [0.1, 0.15) is 36.6 Å². The number of halogens is 1. The zero-order valence-electron chi connectivity index (χ0n) is 15.9. The highest BCUT2D eigenvalue weighted by Gasteiger charge is 2.28. The van der Waals surface area contributed by atoms with Crippen molar-refractivity contribution in [3.05, 3.63) is 58.9 Å². The fourth-order valence-electron chi connectivity index (χ4n) is 3.21. The standard InChI is InChI=1S/C20H23FN2O4S/c1-20(2,25)13-4-7-17(16(21)11-13)23-19(24)18-15-6-5-14(28(3,26)27)10-12(15)8-9-22-18/h4-7,10-11,18,22,25H,8-9H2,1-3H3,(H,23,24). The molecule has 28 heavy (non-hydrogen) atoms. The van der Waals surface area contributed by atoms with Crippen LogP contribution in [0.15, 0.2) is 41.3 Å². The highest BCUT2D eigenvalue weighted by atomic mass is 32.2. The minimum absolute atomic E-state index is 0.0136. The molecular weight excluding hydrogens is 383 g/mol. The van der Waals surface area contributed by atoms with Gasteiger partial charge in [-0.25, -0.2) is 12.8 Å². The summed E-state index contributed by atoms with van der Waals surface area (Å²) in [7, 11) is -3.34. The fraction of sp³-hybridized carbons (Fsp3) is 0.350.